The zero-order valence-corrected chi connectivity index (χ0v) is 16.6. The molecular weight excluding hydrogens is 371 g/mol. The van der Waals surface area contributed by atoms with Crippen molar-refractivity contribution in [2.24, 2.45) is 0 Å². The summed E-state index contributed by atoms with van der Waals surface area (Å²) in [4.78, 5) is 0. The molecule has 0 aliphatic rings. The average molecular weight is 397 g/mol. The Morgan fingerprint density at radius 2 is 1.00 bits per heavy atom. The van der Waals surface area contributed by atoms with E-state index in [0.29, 0.717) is 12.8 Å². The maximum absolute atomic E-state index is 12.8. The van der Waals surface area contributed by atoms with E-state index in [9.17, 15) is 12.3 Å². The average Bonchev–Trinajstić information content (AvgIpc) is 2.72. The highest BCUT2D eigenvalue weighted by Gasteiger charge is 2.35. The van der Waals surface area contributed by atoms with E-state index in [4.69, 9.17) is 0 Å². The van der Waals surface area contributed by atoms with Crippen molar-refractivity contribution < 1.29 is 12.3 Å². The van der Waals surface area contributed by atoms with Gasteiger partial charge >= 0.3 is 10.2 Å². The largest absolute Gasteiger partial charge is 0.302 e. The summed E-state index contributed by atoms with van der Waals surface area (Å²) in [6.45, 7) is 0. The van der Waals surface area contributed by atoms with Gasteiger partial charge in [-0.3, -0.25) is 0 Å². The van der Waals surface area contributed by atoms with E-state index in [0.717, 1.165) is 12.8 Å². The molecule has 3 aromatic carbocycles. The maximum Gasteiger partial charge on any atom is 0.302 e. The van der Waals surface area contributed by atoms with Crippen molar-refractivity contribution in [3.63, 3.8) is 0 Å². The molecule has 0 N–H and O–H groups in total. The second kappa shape index (κ2) is 9.16. The molecule has 0 saturated carbocycles. The lowest BCUT2D eigenvalue weighted by Crippen LogP contribution is -2.29. The molecule has 0 aromatic heterocycles. The van der Waals surface area contributed by atoms with Crippen LogP contribution < -0.4 is 0 Å². The van der Waals surface area contributed by atoms with E-state index in [1.54, 1.807) is 0 Å². The highest BCUT2D eigenvalue weighted by atomic mass is 32.3. The van der Waals surface area contributed by atoms with E-state index in [-0.39, 0.29) is 5.41 Å². The number of hydrogen-bond donors (Lipinski definition) is 0. The summed E-state index contributed by atoms with van der Waals surface area (Å²) in [6.07, 6.45) is 2.62. The first kappa shape index (κ1) is 20.3. The van der Waals surface area contributed by atoms with Crippen LogP contribution in [-0.2, 0) is 15.6 Å². The Labute approximate surface area is 167 Å². The Hall–Kier alpha value is -2.46. The first-order chi connectivity index (χ1) is 13.5. The second-order valence-corrected chi connectivity index (χ2v) is 8.54. The summed E-state index contributed by atoms with van der Waals surface area (Å²) in [7, 11) is -4.40. The molecule has 0 saturated heterocycles. The molecule has 28 heavy (non-hydrogen) atoms. The van der Waals surface area contributed by atoms with Crippen LogP contribution in [0.5, 0.6) is 0 Å². The molecule has 146 valence electrons. The van der Waals surface area contributed by atoms with E-state index in [2.05, 4.69) is 36.4 Å². The molecule has 0 bridgehead atoms. The highest BCUT2D eigenvalue weighted by Crippen LogP contribution is 2.43. The third-order valence-electron chi connectivity index (χ3n) is 5.24. The molecule has 0 heterocycles. The summed E-state index contributed by atoms with van der Waals surface area (Å²) >= 11 is 0. The first-order valence-corrected chi connectivity index (χ1v) is 11.2. The molecule has 4 heteroatoms. The van der Waals surface area contributed by atoms with E-state index < -0.39 is 16.0 Å². The van der Waals surface area contributed by atoms with Crippen LogP contribution in [-0.4, -0.2) is 14.2 Å². The topological polar surface area (TPSA) is 34.1 Å². The Morgan fingerprint density at radius 3 is 1.36 bits per heavy atom. The predicted molar refractivity (Wildman–Crippen MR) is 113 cm³/mol. The standard InChI is InChI=1S/C24H25FO2S/c25-28(26,27)20-12-4-11-19-24(21-13-5-1-6-14-21,22-15-7-2-8-16-22)23-17-9-3-10-18-23/h1-3,5-10,13-18H,4,11-12,19-20H2. The lowest BCUT2D eigenvalue weighted by atomic mass is 9.66. The smallest absolute Gasteiger partial charge is 0.195 e. The summed E-state index contributed by atoms with van der Waals surface area (Å²) in [5.74, 6) is -0.401. The Bertz CT molecular complexity index is 859. The van der Waals surface area contributed by atoms with Crippen molar-refractivity contribution in [2.45, 2.75) is 31.1 Å². The van der Waals surface area contributed by atoms with Crippen LogP contribution in [0.1, 0.15) is 42.4 Å². The van der Waals surface area contributed by atoms with E-state index >= 15 is 0 Å². The van der Waals surface area contributed by atoms with Gasteiger partial charge in [-0.25, -0.2) is 0 Å². The fourth-order valence-electron chi connectivity index (χ4n) is 3.94. The van der Waals surface area contributed by atoms with Crippen LogP contribution >= 0.6 is 0 Å². The molecule has 3 aromatic rings. The fourth-order valence-corrected chi connectivity index (χ4v) is 4.49. The van der Waals surface area contributed by atoms with Gasteiger partial charge in [0.05, 0.1) is 5.75 Å². The normalized spacial score (nSPS) is 12.0. The minimum atomic E-state index is -4.40. The molecule has 0 amide bonds. The SMILES string of the molecule is O=S(=O)(F)CCCCCC(c1ccccc1)(c1ccccc1)c1ccccc1. The zero-order chi connectivity index (χ0) is 19.9. The van der Waals surface area contributed by atoms with Crippen LogP contribution in [0.3, 0.4) is 0 Å². The van der Waals surface area contributed by atoms with Crippen LogP contribution in [0.15, 0.2) is 91.0 Å². The minimum Gasteiger partial charge on any atom is -0.195 e. The minimum absolute atomic E-state index is 0.335. The summed E-state index contributed by atoms with van der Waals surface area (Å²) in [6, 6.07) is 31.2. The number of unbranched alkanes of at least 4 members (excludes halogenated alkanes) is 2. The monoisotopic (exact) mass is 396 g/mol. The molecule has 0 fully saturated rings. The molecule has 0 radical (unpaired) electrons. The fraction of sp³-hybridized carbons (Fsp3) is 0.250. The van der Waals surface area contributed by atoms with Crippen molar-refractivity contribution >= 4 is 10.2 Å². The van der Waals surface area contributed by atoms with Crippen molar-refractivity contribution in [1.29, 1.82) is 0 Å². The highest BCUT2D eigenvalue weighted by molar-refractivity contribution is 7.86. The van der Waals surface area contributed by atoms with Crippen molar-refractivity contribution in [2.75, 3.05) is 5.75 Å². The van der Waals surface area contributed by atoms with Crippen molar-refractivity contribution in [3.8, 4) is 0 Å². The number of rotatable bonds is 9. The molecule has 3 rings (SSSR count). The Balaban J connectivity index is 1.99. The molecule has 0 unspecified atom stereocenters. The third-order valence-corrected chi connectivity index (χ3v) is 6.02. The number of hydrogen-bond acceptors (Lipinski definition) is 2. The van der Waals surface area contributed by atoms with E-state index in [1.807, 2.05) is 54.6 Å². The molecule has 0 aliphatic carbocycles. The van der Waals surface area contributed by atoms with Crippen molar-refractivity contribution in [1.82, 2.24) is 0 Å². The molecule has 2 nitrogen and oxygen atoms in total. The lowest BCUT2D eigenvalue weighted by Gasteiger charge is -2.36. The van der Waals surface area contributed by atoms with Gasteiger partial charge in [-0.15, -0.1) is 3.89 Å². The van der Waals surface area contributed by atoms with Crippen LogP contribution in [0.4, 0.5) is 3.89 Å². The van der Waals surface area contributed by atoms with Gasteiger partial charge in [-0.05, 0) is 29.5 Å². The zero-order valence-electron chi connectivity index (χ0n) is 15.8. The maximum atomic E-state index is 12.8. The second-order valence-electron chi connectivity index (χ2n) is 7.06. The molecule has 0 spiro atoms. The Morgan fingerprint density at radius 1 is 0.607 bits per heavy atom. The molecular formula is C24H25FO2S. The summed E-state index contributed by atoms with van der Waals surface area (Å²) < 4.78 is 34.4. The number of halogens is 1. The van der Waals surface area contributed by atoms with Gasteiger partial charge in [0.15, 0.2) is 0 Å². The van der Waals surface area contributed by atoms with Gasteiger partial charge in [-0.2, -0.15) is 8.42 Å². The van der Waals surface area contributed by atoms with Gasteiger partial charge in [0.25, 0.3) is 0 Å². The van der Waals surface area contributed by atoms with Gasteiger partial charge in [0.1, 0.15) is 0 Å². The van der Waals surface area contributed by atoms with Crippen LogP contribution in [0.2, 0.25) is 0 Å². The van der Waals surface area contributed by atoms with Gasteiger partial charge in [-0.1, -0.05) is 104 Å². The van der Waals surface area contributed by atoms with Crippen LogP contribution in [0.25, 0.3) is 0 Å². The summed E-state index contributed by atoms with van der Waals surface area (Å²) in [5.41, 5.74) is 3.26. The first-order valence-electron chi connectivity index (χ1n) is 9.61. The van der Waals surface area contributed by atoms with E-state index in [1.165, 1.54) is 16.7 Å². The predicted octanol–water partition coefficient (Wildman–Crippen LogP) is 5.88. The third kappa shape index (κ3) is 4.87. The van der Waals surface area contributed by atoms with Gasteiger partial charge in [0.2, 0.25) is 0 Å². The van der Waals surface area contributed by atoms with Crippen LogP contribution in [0, 0.1) is 0 Å². The Kier molecular flexibility index (Phi) is 6.63. The lowest BCUT2D eigenvalue weighted by molar-refractivity contribution is 0.509. The number of benzene rings is 3. The molecule has 0 aliphatic heterocycles. The van der Waals surface area contributed by atoms with Gasteiger partial charge < -0.3 is 0 Å². The van der Waals surface area contributed by atoms with Crippen molar-refractivity contribution in [3.05, 3.63) is 108 Å². The van der Waals surface area contributed by atoms with Gasteiger partial charge in [0, 0.05) is 5.41 Å². The molecule has 0 atom stereocenters. The summed E-state index contributed by atoms with van der Waals surface area (Å²) in [5, 5.41) is 0. The quantitative estimate of drug-likeness (QED) is 0.257.